The van der Waals surface area contributed by atoms with Crippen LogP contribution in [0.3, 0.4) is 0 Å². The summed E-state index contributed by atoms with van der Waals surface area (Å²) in [7, 11) is 0. The van der Waals surface area contributed by atoms with Crippen LogP contribution in [0.1, 0.15) is 17.3 Å². The molecule has 0 aromatic heterocycles. The first-order valence-electron chi connectivity index (χ1n) is 5.59. The summed E-state index contributed by atoms with van der Waals surface area (Å²) >= 11 is 3.16. The molecule has 0 aliphatic heterocycles. The number of nitrogens with one attached hydrogen (secondary N) is 2. The summed E-state index contributed by atoms with van der Waals surface area (Å²) in [6, 6.07) is 4.31. The average Bonchev–Trinajstić information content (AvgIpc) is 2.36. The van der Waals surface area contributed by atoms with Crippen molar-refractivity contribution in [2.45, 2.75) is 6.92 Å². The number of nitro groups is 1. The van der Waals surface area contributed by atoms with Crippen molar-refractivity contribution >= 4 is 33.2 Å². The molecule has 102 valence electrons. The minimum Gasteiger partial charge on any atom is -0.375 e. The largest absolute Gasteiger partial charge is 0.375 e. The molecule has 6 nitrogen and oxygen atoms in total. The van der Waals surface area contributed by atoms with Gasteiger partial charge in [-0.15, -0.1) is 0 Å². The first kappa shape index (κ1) is 15.2. The maximum Gasteiger partial charge on any atom is 0.293 e. The summed E-state index contributed by atoms with van der Waals surface area (Å²) in [4.78, 5) is 22.1. The molecule has 1 rings (SSSR count). The van der Waals surface area contributed by atoms with E-state index in [0.717, 1.165) is 0 Å². The van der Waals surface area contributed by atoms with E-state index in [1.165, 1.54) is 18.2 Å². The standard InChI is InChI=1S/C12H14BrN3O3/c1-3-14-12(17)9-4-5-10(15-7-8(2)13)11(6-9)16(18)19/h4-6,15H,2-3,7H2,1H3,(H,14,17). The normalized spacial score (nSPS) is 9.79. The Balaban J connectivity index is 3.04. The molecule has 0 atom stereocenters. The molecule has 0 saturated heterocycles. The zero-order valence-electron chi connectivity index (χ0n) is 10.4. The zero-order valence-corrected chi connectivity index (χ0v) is 12.0. The molecule has 0 heterocycles. The van der Waals surface area contributed by atoms with Gasteiger partial charge < -0.3 is 10.6 Å². The van der Waals surface area contributed by atoms with Crippen molar-refractivity contribution in [3.8, 4) is 0 Å². The number of amides is 1. The molecule has 1 aromatic rings. The SMILES string of the molecule is C=C(Br)CNc1ccc(C(=O)NCC)cc1[N+](=O)[O-]. The van der Waals surface area contributed by atoms with Crippen LogP contribution in [0.25, 0.3) is 0 Å². The lowest BCUT2D eigenvalue weighted by atomic mass is 10.1. The van der Waals surface area contributed by atoms with Gasteiger partial charge in [-0.1, -0.05) is 22.5 Å². The van der Waals surface area contributed by atoms with Gasteiger partial charge in [-0.25, -0.2) is 0 Å². The Hall–Kier alpha value is -1.89. The highest BCUT2D eigenvalue weighted by molar-refractivity contribution is 9.11. The van der Waals surface area contributed by atoms with E-state index in [0.29, 0.717) is 23.3 Å². The number of anilines is 1. The third kappa shape index (κ3) is 4.36. The van der Waals surface area contributed by atoms with Gasteiger partial charge in [0.05, 0.1) is 4.92 Å². The van der Waals surface area contributed by atoms with Crippen LogP contribution >= 0.6 is 15.9 Å². The second-order valence-electron chi connectivity index (χ2n) is 3.72. The number of nitro benzene ring substituents is 1. The summed E-state index contributed by atoms with van der Waals surface area (Å²) < 4.78 is 0.676. The number of carbonyl (C=O) groups is 1. The predicted molar refractivity (Wildman–Crippen MR) is 77.7 cm³/mol. The van der Waals surface area contributed by atoms with Gasteiger partial charge in [0.1, 0.15) is 5.69 Å². The molecule has 0 unspecified atom stereocenters. The Morgan fingerprint density at radius 3 is 2.74 bits per heavy atom. The Morgan fingerprint density at radius 2 is 2.21 bits per heavy atom. The van der Waals surface area contributed by atoms with Crippen molar-refractivity contribution in [2.75, 3.05) is 18.4 Å². The fourth-order valence-electron chi connectivity index (χ4n) is 1.43. The van der Waals surface area contributed by atoms with E-state index in [4.69, 9.17) is 0 Å². The van der Waals surface area contributed by atoms with Gasteiger partial charge in [0.2, 0.25) is 0 Å². The maximum atomic E-state index is 11.6. The van der Waals surface area contributed by atoms with Gasteiger partial charge in [0, 0.05) is 29.2 Å². The third-order valence-electron chi connectivity index (χ3n) is 2.26. The molecule has 0 spiro atoms. The zero-order chi connectivity index (χ0) is 14.4. The second kappa shape index (κ2) is 6.89. The summed E-state index contributed by atoms with van der Waals surface area (Å²) in [6.07, 6.45) is 0. The summed E-state index contributed by atoms with van der Waals surface area (Å²) in [5.74, 6) is -0.331. The number of carbonyl (C=O) groups excluding carboxylic acids is 1. The molecule has 0 aliphatic carbocycles. The Morgan fingerprint density at radius 1 is 1.53 bits per heavy atom. The Labute approximate surface area is 119 Å². The van der Waals surface area contributed by atoms with Crippen LogP contribution < -0.4 is 10.6 Å². The Bertz CT molecular complexity index is 517. The molecule has 0 fully saturated rings. The van der Waals surface area contributed by atoms with E-state index < -0.39 is 4.92 Å². The summed E-state index contributed by atoms with van der Waals surface area (Å²) in [5, 5.41) is 16.5. The predicted octanol–water partition coefficient (Wildman–Crippen LogP) is 2.67. The number of rotatable bonds is 6. The van der Waals surface area contributed by atoms with Crippen LogP contribution in [-0.2, 0) is 0 Å². The molecule has 0 radical (unpaired) electrons. The van der Waals surface area contributed by atoms with Gasteiger partial charge >= 0.3 is 0 Å². The quantitative estimate of drug-likeness (QED) is 0.621. The topological polar surface area (TPSA) is 84.3 Å². The van der Waals surface area contributed by atoms with Gasteiger partial charge in [0.25, 0.3) is 11.6 Å². The minimum atomic E-state index is -0.526. The molecule has 1 amide bonds. The van der Waals surface area contributed by atoms with Gasteiger partial charge in [-0.05, 0) is 19.1 Å². The van der Waals surface area contributed by atoms with E-state index in [2.05, 4.69) is 33.1 Å². The van der Waals surface area contributed by atoms with Crippen molar-refractivity contribution in [3.63, 3.8) is 0 Å². The van der Waals surface area contributed by atoms with Gasteiger partial charge in [0.15, 0.2) is 0 Å². The molecular formula is C12H14BrN3O3. The van der Waals surface area contributed by atoms with E-state index in [1.807, 2.05) is 0 Å². The van der Waals surface area contributed by atoms with Crippen molar-refractivity contribution in [3.05, 3.63) is 44.9 Å². The average molecular weight is 328 g/mol. The third-order valence-corrected chi connectivity index (χ3v) is 2.54. The number of benzene rings is 1. The maximum absolute atomic E-state index is 11.6. The fraction of sp³-hybridized carbons (Fsp3) is 0.250. The first-order valence-corrected chi connectivity index (χ1v) is 6.38. The van der Waals surface area contributed by atoms with Crippen LogP contribution in [0.2, 0.25) is 0 Å². The van der Waals surface area contributed by atoms with Crippen LogP contribution in [0, 0.1) is 10.1 Å². The first-order chi connectivity index (χ1) is 8.95. The van der Waals surface area contributed by atoms with Crippen LogP contribution in [0.5, 0.6) is 0 Å². The highest BCUT2D eigenvalue weighted by atomic mass is 79.9. The highest BCUT2D eigenvalue weighted by Crippen LogP contribution is 2.26. The summed E-state index contributed by atoms with van der Waals surface area (Å²) in [6.45, 7) is 6.25. The van der Waals surface area contributed by atoms with Crippen LogP contribution in [0.15, 0.2) is 29.3 Å². The fourth-order valence-corrected chi connectivity index (χ4v) is 1.57. The number of halogens is 1. The lowest BCUT2D eigenvalue weighted by molar-refractivity contribution is -0.384. The van der Waals surface area contributed by atoms with E-state index in [-0.39, 0.29) is 17.2 Å². The number of nitrogens with zero attached hydrogens (tertiary/aromatic N) is 1. The van der Waals surface area contributed by atoms with E-state index in [1.54, 1.807) is 6.92 Å². The van der Waals surface area contributed by atoms with Crippen molar-refractivity contribution in [2.24, 2.45) is 0 Å². The molecule has 19 heavy (non-hydrogen) atoms. The smallest absolute Gasteiger partial charge is 0.293 e. The van der Waals surface area contributed by atoms with E-state index in [9.17, 15) is 14.9 Å². The van der Waals surface area contributed by atoms with Gasteiger partial charge in [-0.2, -0.15) is 0 Å². The molecule has 1 aromatic carbocycles. The van der Waals surface area contributed by atoms with Gasteiger partial charge in [-0.3, -0.25) is 14.9 Å². The summed E-state index contributed by atoms with van der Waals surface area (Å²) in [5.41, 5.74) is 0.466. The molecule has 0 bridgehead atoms. The van der Waals surface area contributed by atoms with Crippen LogP contribution in [0.4, 0.5) is 11.4 Å². The Kier molecular flexibility index (Phi) is 5.50. The lowest BCUT2D eigenvalue weighted by Crippen LogP contribution is -2.22. The minimum absolute atomic E-state index is 0.141. The molecule has 7 heteroatoms. The molecule has 0 saturated carbocycles. The van der Waals surface area contributed by atoms with Crippen molar-refractivity contribution < 1.29 is 9.72 Å². The molecule has 0 aliphatic rings. The second-order valence-corrected chi connectivity index (χ2v) is 4.84. The van der Waals surface area contributed by atoms with Crippen molar-refractivity contribution in [1.82, 2.24) is 5.32 Å². The van der Waals surface area contributed by atoms with Crippen molar-refractivity contribution in [1.29, 1.82) is 0 Å². The number of hydrogen-bond acceptors (Lipinski definition) is 4. The molecular weight excluding hydrogens is 314 g/mol. The lowest BCUT2D eigenvalue weighted by Gasteiger charge is -2.08. The van der Waals surface area contributed by atoms with E-state index >= 15 is 0 Å². The molecule has 2 N–H and O–H groups in total. The monoisotopic (exact) mass is 327 g/mol. The highest BCUT2D eigenvalue weighted by Gasteiger charge is 2.17. The van der Waals surface area contributed by atoms with Crippen LogP contribution in [-0.4, -0.2) is 23.9 Å². The number of hydrogen-bond donors (Lipinski definition) is 2.